The van der Waals surface area contributed by atoms with E-state index in [4.69, 9.17) is 9.47 Å². The van der Waals surface area contributed by atoms with E-state index in [1.54, 1.807) is 65.8 Å². The zero-order valence-corrected chi connectivity index (χ0v) is 28.4. The lowest BCUT2D eigenvalue weighted by Crippen LogP contribution is -2.54. The fourth-order valence-corrected chi connectivity index (χ4v) is 4.95. The molecule has 3 aromatic carbocycles. The lowest BCUT2D eigenvalue weighted by molar-refractivity contribution is -0.159. The number of hydrogen-bond acceptors (Lipinski definition) is 6. The Bertz CT molecular complexity index is 1530. The summed E-state index contributed by atoms with van der Waals surface area (Å²) in [4.78, 5) is 56.2. The van der Waals surface area contributed by atoms with Gasteiger partial charge in [0.25, 0.3) is 0 Å². The smallest absolute Gasteiger partial charge is 0.408 e. The van der Waals surface area contributed by atoms with Crippen LogP contribution in [0, 0.1) is 0 Å². The predicted molar refractivity (Wildman–Crippen MR) is 183 cm³/mol. The van der Waals surface area contributed by atoms with Crippen LogP contribution in [0.3, 0.4) is 0 Å². The molecule has 0 bridgehead atoms. The van der Waals surface area contributed by atoms with Crippen molar-refractivity contribution in [2.75, 3.05) is 7.05 Å². The third-order valence-corrected chi connectivity index (χ3v) is 7.01. The highest BCUT2D eigenvalue weighted by molar-refractivity contribution is 5.94. The van der Waals surface area contributed by atoms with Crippen molar-refractivity contribution in [1.82, 2.24) is 15.5 Å². The number of amides is 3. The number of benzene rings is 3. The fourth-order valence-electron chi connectivity index (χ4n) is 4.95. The Hall–Kier alpha value is -4.92. The standard InChI is InChI=1S/C38H47N3O6/c1-9-26-21-16-22-29(23-26)32(33(42)39-31(35(44)46-37(2,3)4)25-28-19-14-11-15-20-28)41(8)34(43)30(24-27-17-12-10-13-18-27)40-36(45)47-38(5,6)7/h9-23,30-32H,1,24-25H2,2-8H3,(H,39,42)(H,40,45). The molecular formula is C38H47N3O6. The Morgan fingerprint density at radius 2 is 1.28 bits per heavy atom. The Labute approximate surface area is 278 Å². The van der Waals surface area contributed by atoms with Crippen molar-refractivity contribution in [1.29, 1.82) is 0 Å². The van der Waals surface area contributed by atoms with Gasteiger partial charge in [-0.15, -0.1) is 0 Å². The molecule has 0 heterocycles. The van der Waals surface area contributed by atoms with E-state index in [2.05, 4.69) is 17.2 Å². The molecule has 0 radical (unpaired) electrons. The maximum absolute atomic E-state index is 14.3. The topological polar surface area (TPSA) is 114 Å². The summed E-state index contributed by atoms with van der Waals surface area (Å²) in [6.07, 6.45) is 1.21. The molecular weight excluding hydrogens is 594 g/mol. The average molecular weight is 642 g/mol. The summed E-state index contributed by atoms with van der Waals surface area (Å²) in [6, 6.07) is 22.3. The van der Waals surface area contributed by atoms with Crippen LogP contribution in [0.15, 0.2) is 91.5 Å². The van der Waals surface area contributed by atoms with Crippen LogP contribution in [-0.4, -0.2) is 59.1 Å². The summed E-state index contributed by atoms with van der Waals surface area (Å²) in [6.45, 7) is 14.3. The summed E-state index contributed by atoms with van der Waals surface area (Å²) in [7, 11) is 1.50. The number of carbonyl (C=O) groups excluding carboxylic acids is 4. The maximum Gasteiger partial charge on any atom is 0.408 e. The van der Waals surface area contributed by atoms with Gasteiger partial charge in [0, 0.05) is 19.9 Å². The Kier molecular flexibility index (Phi) is 12.5. The zero-order valence-electron chi connectivity index (χ0n) is 28.4. The van der Waals surface area contributed by atoms with Gasteiger partial charge in [-0.1, -0.05) is 91.5 Å². The summed E-state index contributed by atoms with van der Waals surface area (Å²) in [5.74, 6) is -1.72. The summed E-state index contributed by atoms with van der Waals surface area (Å²) < 4.78 is 11.2. The van der Waals surface area contributed by atoms with Gasteiger partial charge < -0.3 is 25.0 Å². The third kappa shape index (κ3) is 11.7. The Balaban J connectivity index is 2.02. The molecule has 47 heavy (non-hydrogen) atoms. The minimum absolute atomic E-state index is 0.152. The van der Waals surface area contributed by atoms with E-state index in [1.807, 2.05) is 66.7 Å². The minimum atomic E-state index is -1.18. The van der Waals surface area contributed by atoms with E-state index in [-0.39, 0.29) is 12.8 Å². The van der Waals surface area contributed by atoms with E-state index in [1.165, 1.54) is 11.9 Å². The first-order valence-corrected chi connectivity index (χ1v) is 15.7. The highest BCUT2D eigenvalue weighted by Crippen LogP contribution is 2.24. The summed E-state index contributed by atoms with van der Waals surface area (Å²) in [5, 5.41) is 5.59. The van der Waals surface area contributed by atoms with Gasteiger partial charge in [-0.25, -0.2) is 9.59 Å². The van der Waals surface area contributed by atoms with Crippen molar-refractivity contribution in [3.63, 3.8) is 0 Å². The second-order valence-electron chi connectivity index (χ2n) is 13.4. The number of nitrogens with zero attached hydrogens (tertiary/aromatic N) is 1. The van der Waals surface area contributed by atoms with Crippen molar-refractivity contribution in [3.8, 4) is 0 Å². The first kappa shape index (κ1) is 36.5. The number of nitrogens with one attached hydrogen (secondary N) is 2. The normalized spacial score (nSPS) is 13.3. The van der Waals surface area contributed by atoms with Gasteiger partial charge in [-0.2, -0.15) is 0 Å². The third-order valence-electron chi connectivity index (χ3n) is 7.01. The molecule has 3 unspecified atom stereocenters. The average Bonchev–Trinajstić information content (AvgIpc) is 2.99. The number of likely N-dealkylation sites (N-methyl/N-ethyl adjacent to an activating group) is 1. The van der Waals surface area contributed by atoms with Crippen LogP contribution in [0.2, 0.25) is 0 Å². The molecule has 0 spiro atoms. The largest absolute Gasteiger partial charge is 0.458 e. The number of ether oxygens (including phenoxy) is 2. The van der Waals surface area contributed by atoms with Crippen LogP contribution in [0.1, 0.15) is 69.8 Å². The number of hydrogen-bond donors (Lipinski definition) is 2. The van der Waals surface area contributed by atoms with Gasteiger partial charge in [-0.3, -0.25) is 9.59 Å². The number of alkyl carbamates (subject to hydrolysis) is 1. The van der Waals surface area contributed by atoms with E-state index >= 15 is 0 Å². The maximum atomic E-state index is 14.3. The molecule has 3 amide bonds. The van der Waals surface area contributed by atoms with Crippen LogP contribution in [-0.2, 0) is 36.7 Å². The minimum Gasteiger partial charge on any atom is -0.458 e. The van der Waals surface area contributed by atoms with Gasteiger partial charge in [0.15, 0.2) is 0 Å². The number of carbonyl (C=O) groups is 4. The van der Waals surface area contributed by atoms with Crippen LogP contribution in [0.5, 0.6) is 0 Å². The first-order valence-electron chi connectivity index (χ1n) is 15.7. The second-order valence-corrected chi connectivity index (χ2v) is 13.4. The monoisotopic (exact) mass is 641 g/mol. The molecule has 3 aromatic rings. The van der Waals surface area contributed by atoms with Crippen molar-refractivity contribution < 1.29 is 28.7 Å². The van der Waals surface area contributed by atoms with Crippen LogP contribution in [0.4, 0.5) is 4.79 Å². The fraction of sp³-hybridized carbons (Fsp3) is 0.368. The molecule has 3 atom stereocenters. The summed E-state index contributed by atoms with van der Waals surface area (Å²) >= 11 is 0. The molecule has 0 aliphatic carbocycles. The van der Waals surface area contributed by atoms with Crippen molar-refractivity contribution >= 4 is 30.0 Å². The zero-order chi connectivity index (χ0) is 34.8. The first-order chi connectivity index (χ1) is 22.1. The molecule has 0 aliphatic rings. The van der Waals surface area contributed by atoms with E-state index in [0.717, 1.165) is 16.7 Å². The SMILES string of the molecule is C=Cc1cccc(C(C(=O)NC(Cc2ccccc2)C(=O)OC(C)(C)C)N(C)C(=O)C(Cc2ccccc2)NC(=O)OC(C)(C)C)c1. The van der Waals surface area contributed by atoms with E-state index in [0.29, 0.717) is 5.56 Å². The number of rotatable bonds is 12. The molecule has 250 valence electrons. The molecule has 3 rings (SSSR count). The van der Waals surface area contributed by atoms with E-state index < -0.39 is 53.2 Å². The van der Waals surface area contributed by atoms with Crippen molar-refractivity contribution in [3.05, 3.63) is 114 Å². The summed E-state index contributed by atoms with van der Waals surface area (Å²) in [5.41, 5.74) is 1.27. The van der Waals surface area contributed by atoms with Crippen molar-refractivity contribution in [2.45, 2.75) is 83.7 Å². The lowest BCUT2D eigenvalue weighted by Gasteiger charge is -2.33. The molecule has 0 fully saturated rings. The predicted octanol–water partition coefficient (Wildman–Crippen LogP) is 6.03. The van der Waals surface area contributed by atoms with Gasteiger partial charge >= 0.3 is 12.1 Å². The van der Waals surface area contributed by atoms with Gasteiger partial charge in [0.1, 0.15) is 29.3 Å². The molecule has 9 nitrogen and oxygen atoms in total. The second kappa shape index (κ2) is 16.1. The molecule has 0 aromatic heterocycles. The van der Waals surface area contributed by atoms with Crippen LogP contribution in [0.25, 0.3) is 6.08 Å². The molecule has 0 saturated carbocycles. The quantitative estimate of drug-likeness (QED) is 0.234. The van der Waals surface area contributed by atoms with E-state index in [9.17, 15) is 19.2 Å². The molecule has 0 aliphatic heterocycles. The lowest BCUT2D eigenvalue weighted by atomic mass is 9.98. The van der Waals surface area contributed by atoms with Gasteiger partial charge in [0.05, 0.1) is 0 Å². The molecule has 9 heteroatoms. The highest BCUT2D eigenvalue weighted by Gasteiger charge is 2.37. The van der Waals surface area contributed by atoms with Gasteiger partial charge in [0.2, 0.25) is 11.8 Å². The Morgan fingerprint density at radius 3 is 1.79 bits per heavy atom. The Morgan fingerprint density at radius 1 is 0.745 bits per heavy atom. The van der Waals surface area contributed by atoms with Crippen molar-refractivity contribution in [2.24, 2.45) is 0 Å². The van der Waals surface area contributed by atoms with Crippen LogP contribution < -0.4 is 10.6 Å². The highest BCUT2D eigenvalue weighted by atomic mass is 16.6. The van der Waals surface area contributed by atoms with Gasteiger partial charge in [-0.05, 0) is 69.9 Å². The molecule has 2 N–H and O–H groups in total. The number of esters is 1. The molecule has 0 saturated heterocycles. The van der Waals surface area contributed by atoms with Crippen LogP contribution >= 0.6 is 0 Å².